The lowest BCUT2D eigenvalue weighted by molar-refractivity contribution is -0.205. The molecule has 296 valence electrons. The molecule has 0 spiro atoms. The fourth-order valence-corrected chi connectivity index (χ4v) is 9.22. The minimum Gasteiger partial charge on any atom is -0.598 e. The van der Waals surface area contributed by atoms with Gasteiger partial charge in [0.1, 0.15) is 16.3 Å². The summed E-state index contributed by atoms with van der Waals surface area (Å²) in [7, 11) is -2.26. The SMILES string of the molecule is CC(C)(C)[S+]([O-])N[C@@H]1CC=CC(O[Si](C)(C)C(C)(C)C)CS[C@H]2O[C@H]1[C@H](OC(=O)c1ccccc1)[C@H](OC(=O)c1ccccc1)[C@H]2OC(=O)c1ccccc1. The fraction of sp³-hybridized carbons (Fsp3) is 0.452. The normalized spacial score (nSPS) is 25.3. The number of carbonyl (C=O) groups is 3. The van der Waals surface area contributed by atoms with Crippen molar-refractivity contribution in [3.8, 4) is 0 Å². The Morgan fingerprint density at radius 2 is 1.20 bits per heavy atom. The fourth-order valence-electron chi connectivity index (χ4n) is 5.80. The van der Waals surface area contributed by atoms with Gasteiger partial charge in [0.25, 0.3) is 0 Å². The number of rotatable bonds is 10. The van der Waals surface area contributed by atoms with Crippen molar-refractivity contribution in [1.82, 2.24) is 4.72 Å². The summed E-state index contributed by atoms with van der Waals surface area (Å²) in [4.78, 5) is 41.7. The van der Waals surface area contributed by atoms with Gasteiger partial charge in [-0.25, -0.2) is 14.4 Å². The zero-order chi connectivity index (χ0) is 40.0. The van der Waals surface area contributed by atoms with Crippen molar-refractivity contribution in [3.63, 3.8) is 0 Å². The average molecular weight is 808 g/mol. The standard InChI is InChI=1S/C42H53NO9S2Si/c1-41(2,3)54(47)43-32-26-18-25-31(52-55(7,8)42(4,5)6)27-53-40-36(50-39(46)30-23-16-11-17-24-30)35(49-38(45)29-21-14-10-15-22-29)34(33(32)51-40)48-37(44)28-19-12-9-13-20-28/h9-25,31-36,40,43H,26-27H2,1-8H3/t31?,32-,33-,34+,35+,36-,40-,54?/m1/s1. The van der Waals surface area contributed by atoms with Crippen LogP contribution in [0.3, 0.4) is 0 Å². The maximum Gasteiger partial charge on any atom is 0.338 e. The Bertz CT molecular complexity index is 1770. The van der Waals surface area contributed by atoms with Crippen LogP contribution in [0.4, 0.5) is 0 Å². The van der Waals surface area contributed by atoms with Crippen LogP contribution in [0.15, 0.2) is 103 Å². The molecule has 2 unspecified atom stereocenters. The van der Waals surface area contributed by atoms with Gasteiger partial charge in [-0.1, -0.05) is 87.5 Å². The van der Waals surface area contributed by atoms with E-state index in [1.807, 2.05) is 32.9 Å². The number of benzene rings is 3. The lowest BCUT2D eigenvalue weighted by Gasteiger charge is -2.47. The molecule has 3 aromatic rings. The molecule has 2 heterocycles. The predicted octanol–water partition coefficient (Wildman–Crippen LogP) is 7.89. The molecule has 2 bridgehead atoms. The van der Waals surface area contributed by atoms with Crippen molar-refractivity contribution in [2.75, 3.05) is 5.75 Å². The Kier molecular flexibility index (Phi) is 14.1. The van der Waals surface area contributed by atoms with E-state index >= 15 is 0 Å². The summed E-state index contributed by atoms with van der Waals surface area (Å²) >= 11 is -0.230. The zero-order valence-electron chi connectivity index (χ0n) is 32.8. The van der Waals surface area contributed by atoms with Gasteiger partial charge in [-0.3, -0.25) is 0 Å². The first-order valence-corrected chi connectivity index (χ1v) is 23.6. The largest absolute Gasteiger partial charge is 0.598 e. The van der Waals surface area contributed by atoms with E-state index in [1.165, 1.54) is 11.8 Å². The Labute approximate surface area is 333 Å². The minimum atomic E-state index is -2.26. The van der Waals surface area contributed by atoms with E-state index in [0.29, 0.717) is 12.2 Å². The molecule has 1 fully saturated rings. The van der Waals surface area contributed by atoms with Crippen molar-refractivity contribution in [2.24, 2.45) is 0 Å². The number of thioether (sulfide) groups is 1. The molecule has 13 heteroatoms. The second-order valence-electron chi connectivity index (χ2n) is 16.2. The summed E-state index contributed by atoms with van der Waals surface area (Å²) in [5.74, 6) is -1.65. The van der Waals surface area contributed by atoms with Crippen molar-refractivity contribution >= 4 is 49.3 Å². The molecule has 10 nitrogen and oxygen atoms in total. The topological polar surface area (TPSA) is 132 Å². The van der Waals surface area contributed by atoms with Crippen LogP contribution in [0, 0.1) is 0 Å². The van der Waals surface area contributed by atoms with E-state index in [2.05, 4.69) is 38.6 Å². The van der Waals surface area contributed by atoms with Crippen molar-refractivity contribution in [1.29, 1.82) is 0 Å². The van der Waals surface area contributed by atoms with Crippen LogP contribution in [0.5, 0.6) is 0 Å². The van der Waals surface area contributed by atoms with E-state index in [-0.39, 0.29) is 27.8 Å². The van der Waals surface area contributed by atoms with E-state index in [4.69, 9.17) is 23.4 Å². The molecule has 1 N–H and O–H groups in total. The van der Waals surface area contributed by atoms with Crippen LogP contribution in [-0.4, -0.2) is 83.3 Å². The molecule has 0 saturated carbocycles. The Balaban J connectivity index is 1.65. The molecule has 0 aliphatic carbocycles. The molecule has 0 aromatic heterocycles. The minimum absolute atomic E-state index is 0.0682. The number of esters is 3. The molecule has 2 aliphatic heterocycles. The number of fused-ring (bicyclic) bond motifs is 2. The second kappa shape index (κ2) is 18.2. The van der Waals surface area contributed by atoms with Gasteiger partial charge < -0.3 is 27.9 Å². The van der Waals surface area contributed by atoms with Gasteiger partial charge in [0.2, 0.25) is 0 Å². The van der Waals surface area contributed by atoms with Gasteiger partial charge in [0.15, 0.2) is 26.6 Å². The Morgan fingerprint density at radius 1 is 0.745 bits per heavy atom. The van der Waals surface area contributed by atoms with E-state index in [9.17, 15) is 18.9 Å². The highest BCUT2D eigenvalue weighted by atomic mass is 32.2. The highest BCUT2D eigenvalue weighted by molar-refractivity contribution is 7.99. The van der Waals surface area contributed by atoms with Crippen molar-refractivity contribution in [2.45, 2.75) is 113 Å². The first kappa shape index (κ1) is 42.7. The third kappa shape index (κ3) is 11.1. The number of nitrogens with one attached hydrogen (secondary N) is 1. The Morgan fingerprint density at radius 3 is 1.65 bits per heavy atom. The first-order valence-electron chi connectivity index (χ1n) is 18.5. The molecule has 3 aromatic carbocycles. The molecule has 2 aliphatic rings. The predicted molar refractivity (Wildman–Crippen MR) is 219 cm³/mol. The van der Waals surface area contributed by atoms with E-state index in [0.717, 1.165) is 0 Å². The van der Waals surface area contributed by atoms with Gasteiger partial charge in [0, 0.05) is 17.1 Å². The highest BCUT2D eigenvalue weighted by Crippen LogP contribution is 2.41. The molecule has 8 atom stereocenters. The summed E-state index contributed by atoms with van der Waals surface area (Å²) in [5.41, 5.74) is -0.130. The quantitative estimate of drug-likeness (QED) is 0.0705. The highest BCUT2D eigenvalue weighted by Gasteiger charge is 2.56. The summed E-state index contributed by atoms with van der Waals surface area (Å²) in [6.45, 7) is 16.5. The molecular weight excluding hydrogens is 755 g/mol. The van der Waals surface area contributed by atoms with Gasteiger partial charge in [-0.05, 0) is 81.7 Å². The van der Waals surface area contributed by atoms with Crippen LogP contribution >= 0.6 is 11.8 Å². The smallest absolute Gasteiger partial charge is 0.338 e. The monoisotopic (exact) mass is 807 g/mol. The number of carbonyl (C=O) groups excluding carboxylic acids is 3. The van der Waals surface area contributed by atoms with Gasteiger partial charge in [-0.2, -0.15) is 0 Å². The average Bonchev–Trinajstić information content (AvgIpc) is 3.14. The third-order valence-electron chi connectivity index (χ3n) is 9.92. The maximum absolute atomic E-state index is 14.0. The van der Waals surface area contributed by atoms with Crippen molar-refractivity contribution in [3.05, 3.63) is 120 Å². The summed E-state index contributed by atoms with van der Waals surface area (Å²) in [6, 6.07) is 24.6. The van der Waals surface area contributed by atoms with Crippen LogP contribution in [0.1, 0.15) is 79.0 Å². The summed E-state index contributed by atoms with van der Waals surface area (Å²) in [6.07, 6.45) is -0.973. The number of hydrogen-bond acceptors (Lipinski definition) is 11. The van der Waals surface area contributed by atoms with Crippen LogP contribution in [0.25, 0.3) is 0 Å². The Hall–Kier alpha value is -3.43. The zero-order valence-corrected chi connectivity index (χ0v) is 35.4. The lowest BCUT2D eigenvalue weighted by atomic mass is 9.92. The molecule has 0 radical (unpaired) electrons. The number of ether oxygens (including phenoxy) is 4. The molecule has 5 rings (SSSR count). The van der Waals surface area contributed by atoms with Gasteiger partial charge >= 0.3 is 17.9 Å². The third-order valence-corrected chi connectivity index (χ3v) is 17.3. The first-order chi connectivity index (χ1) is 25.9. The molecule has 55 heavy (non-hydrogen) atoms. The van der Waals surface area contributed by atoms with Crippen LogP contribution < -0.4 is 4.72 Å². The molecular formula is C42H53NO9S2Si. The second-order valence-corrected chi connectivity index (χ2v) is 24.1. The summed E-state index contributed by atoms with van der Waals surface area (Å²) in [5, 5.41) is -0.0682. The van der Waals surface area contributed by atoms with Crippen LogP contribution in [-0.2, 0) is 34.7 Å². The van der Waals surface area contributed by atoms with Crippen LogP contribution in [0.2, 0.25) is 18.1 Å². The lowest BCUT2D eigenvalue weighted by Crippen LogP contribution is -2.66. The summed E-state index contributed by atoms with van der Waals surface area (Å²) < 4.78 is 49.1. The number of hydrogen-bond donors (Lipinski definition) is 1. The van der Waals surface area contributed by atoms with Crippen molar-refractivity contribution < 1.29 is 42.3 Å². The molecule has 0 amide bonds. The maximum atomic E-state index is 14.0. The van der Waals surface area contributed by atoms with E-state index < -0.39 is 78.2 Å². The molecule has 1 saturated heterocycles. The van der Waals surface area contributed by atoms with Gasteiger partial charge in [-0.15, -0.1) is 16.5 Å². The van der Waals surface area contributed by atoms with Gasteiger partial charge in [0.05, 0.1) is 28.8 Å². The van der Waals surface area contributed by atoms with E-state index in [1.54, 1.807) is 91.0 Å².